The number of hydrogen-bond donors (Lipinski definition) is 5. The number of cyclic esters (lactones) is 1. The molecular formula is C40H70N2O12. The van der Waals surface area contributed by atoms with Crippen molar-refractivity contribution in [2.45, 2.75) is 179 Å². The first-order chi connectivity index (χ1) is 25.0. The summed E-state index contributed by atoms with van der Waals surface area (Å²) in [4.78, 5) is 16.0. The highest BCUT2D eigenvalue weighted by atomic mass is 16.7. The number of ether oxygens (including phenoxy) is 7. The zero-order valence-electron chi connectivity index (χ0n) is 34.8. The van der Waals surface area contributed by atoms with Gasteiger partial charge in [-0.05, 0) is 99.9 Å². The summed E-state index contributed by atoms with van der Waals surface area (Å²) in [6.07, 6.45) is -3.94. The van der Waals surface area contributed by atoms with Crippen molar-refractivity contribution in [2.75, 3.05) is 34.4 Å². The number of nitrogens with zero attached hydrogens (tertiary/aromatic N) is 1. The summed E-state index contributed by atoms with van der Waals surface area (Å²) in [5, 5.41) is 50.1. The van der Waals surface area contributed by atoms with E-state index >= 15 is 0 Å². The van der Waals surface area contributed by atoms with Gasteiger partial charge in [0.1, 0.15) is 41.4 Å². The molecule has 312 valence electrons. The van der Waals surface area contributed by atoms with Crippen LogP contribution >= 0.6 is 0 Å². The van der Waals surface area contributed by atoms with Gasteiger partial charge < -0.3 is 63.8 Å². The second-order valence-electron chi connectivity index (χ2n) is 17.4. The number of likely N-dealkylation sites (N-methyl/N-ethyl adjacent to an activating group) is 1. The molecule has 0 aliphatic carbocycles. The molecule has 4 heterocycles. The van der Waals surface area contributed by atoms with E-state index in [1.54, 1.807) is 34.8 Å². The normalized spacial score (nSPS) is 48.4. The molecule has 14 nitrogen and oxygen atoms in total. The van der Waals surface area contributed by atoms with Gasteiger partial charge in [-0.3, -0.25) is 4.79 Å². The van der Waals surface area contributed by atoms with Gasteiger partial charge in [0.25, 0.3) is 0 Å². The maximum absolute atomic E-state index is 14.1. The molecule has 4 aliphatic heterocycles. The molecule has 4 aliphatic rings. The molecule has 4 rings (SSSR count). The Hall–Kier alpha value is -1.65. The predicted molar refractivity (Wildman–Crippen MR) is 200 cm³/mol. The SMILES string of the molecule is CC[C@H]1OC(=O)[C@H](C)C(=C=CO[C@H]2C[C@@](C)(OC)[C@]3(CO3)[C@H](C)O2)[C@H](C)[C@@H](O[C@@H]2O[C@H](C)C[C@H](N(C)C)[C@H]2O)[C@](C)(O)C[C@@H](C)CN[C@H](C)[C@@H](O)[C@]1(C)O. The van der Waals surface area contributed by atoms with E-state index in [-0.39, 0.29) is 37.0 Å². The average molecular weight is 771 g/mol. The molecule has 17 atom stereocenters. The standard InChI is InChI=1S/C40H70N2O12/c1-14-30-39(10,47)33(44)26(6)41-20-22(2)18-37(8,46)34(54-36-32(43)29(42(11)12)17-23(3)51-36)24(4)28(25(5)35(45)53-30)15-16-49-31-19-38(9,48-13)40(21-50-40)27(7)52-31/h16,22-27,29-34,36,41,43-44,46-47H,14,17-21H2,1-13H3/t15?,22-,23-,24+,25-,26-,27+,29+,30-,31-,32-,33-,34-,36+,37-,38-,39-,40+/m1/s1. The maximum atomic E-state index is 14.1. The van der Waals surface area contributed by atoms with Crippen LogP contribution in [0, 0.1) is 17.8 Å². The molecule has 0 saturated carbocycles. The average Bonchev–Trinajstić information content (AvgIpc) is 3.91. The van der Waals surface area contributed by atoms with E-state index in [0.29, 0.717) is 31.6 Å². The lowest BCUT2D eigenvalue weighted by molar-refractivity contribution is -0.293. The summed E-state index contributed by atoms with van der Waals surface area (Å²) in [7, 11) is 5.42. The van der Waals surface area contributed by atoms with Crippen LogP contribution in [0.5, 0.6) is 0 Å². The lowest BCUT2D eigenvalue weighted by Gasteiger charge is -2.46. The Kier molecular flexibility index (Phi) is 14.6. The number of epoxide rings is 1. The molecule has 54 heavy (non-hydrogen) atoms. The number of nitrogens with one attached hydrogen (secondary N) is 1. The second kappa shape index (κ2) is 17.5. The molecule has 4 saturated heterocycles. The third-order valence-electron chi connectivity index (χ3n) is 12.7. The van der Waals surface area contributed by atoms with Crippen LogP contribution in [0.1, 0.15) is 94.9 Å². The summed E-state index contributed by atoms with van der Waals surface area (Å²) < 4.78 is 42.9. The molecule has 4 fully saturated rings. The van der Waals surface area contributed by atoms with Crippen LogP contribution in [-0.4, -0.2) is 149 Å². The van der Waals surface area contributed by atoms with E-state index in [0.717, 1.165) is 0 Å². The Balaban J connectivity index is 1.79. The molecule has 0 amide bonds. The molecule has 5 N–H and O–H groups in total. The van der Waals surface area contributed by atoms with Crippen molar-refractivity contribution in [2.24, 2.45) is 17.8 Å². The van der Waals surface area contributed by atoms with E-state index in [1.165, 1.54) is 13.2 Å². The Morgan fingerprint density at radius 1 is 1.04 bits per heavy atom. The van der Waals surface area contributed by atoms with Crippen molar-refractivity contribution >= 4 is 5.97 Å². The van der Waals surface area contributed by atoms with Crippen molar-refractivity contribution in [1.29, 1.82) is 0 Å². The minimum absolute atomic E-state index is 0.142. The van der Waals surface area contributed by atoms with Crippen LogP contribution in [0.2, 0.25) is 0 Å². The molecule has 0 aromatic heterocycles. The van der Waals surface area contributed by atoms with Crippen LogP contribution in [-0.2, 0) is 38.0 Å². The Morgan fingerprint density at radius 3 is 2.26 bits per heavy atom. The summed E-state index contributed by atoms with van der Waals surface area (Å²) in [6, 6.07) is -0.838. The van der Waals surface area contributed by atoms with Crippen molar-refractivity contribution in [3.8, 4) is 0 Å². The van der Waals surface area contributed by atoms with E-state index in [1.807, 2.05) is 53.6 Å². The van der Waals surface area contributed by atoms with Crippen LogP contribution < -0.4 is 5.32 Å². The quantitative estimate of drug-likeness (QED) is 0.110. The van der Waals surface area contributed by atoms with Gasteiger partial charge in [0, 0.05) is 31.5 Å². The smallest absolute Gasteiger partial charge is 0.313 e. The zero-order valence-corrected chi connectivity index (χ0v) is 34.8. The number of carbonyl (C=O) groups excluding carboxylic acids is 1. The lowest BCUT2D eigenvalue weighted by atomic mass is 9.77. The van der Waals surface area contributed by atoms with Crippen molar-refractivity contribution in [3.63, 3.8) is 0 Å². The molecule has 0 unspecified atom stereocenters. The van der Waals surface area contributed by atoms with Crippen molar-refractivity contribution in [1.82, 2.24) is 10.2 Å². The van der Waals surface area contributed by atoms with Crippen LogP contribution in [0.4, 0.5) is 0 Å². The highest BCUT2D eigenvalue weighted by molar-refractivity contribution is 5.75. The predicted octanol–water partition coefficient (Wildman–Crippen LogP) is 2.64. The molecule has 14 heteroatoms. The summed E-state index contributed by atoms with van der Waals surface area (Å²) in [6.45, 7) is 18.9. The van der Waals surface area contributed by atoms with Gasteiger partial charge in [-0.25, -0.2) is 0 Å². The number of aliphatic hydroxyl groups excluding tert-OH is 2. The molecular weight excluding hydrogens is 700 g/mol. The van der Waals surface area contributed by atoms with E-state index in [4.69, 9.17) is 33.2 Å². The van der Waals surface area contributed by atoms with E-state index in [2.05, 4.69) is 11.0 Å². The topological polar surface area (TPSA) is 181 Å². The fraction of sp³-hybridized carbons (Fsp3) is 0.900. The maximum Gasteiger partial charge on any atom is 0.313 e. The van der Waals surface area contributed by atoms with Gasteiger partial charge in [0.05, 0.1) is 36.4 Å². The van der Waals surface area contributed by atoms with E-state index in [9.17, 15) is 25.2 Å². The minimum Gasteiger partial charge on any atom is -0.464 e. The fourth-order valence-electron chi connectivity index (χ4n) is 8.93. The lowest BCUT2D eigenvalue weighted by Crippen LogP contribution is -2.59. The van der Waals surface area contributed by atoms with Gasteiger partial charge in [-0.1, -0.05) is 26.5 Å². The van der Waals surface area contributed by atoms with Gasteiger partial charge in [0.15, 0.2) is 6.29 Å². The summed E-state index contributed by atoms with van der Waals surface area (Å²) >= 11 is 0. The van der Waals surface area contributed by atoms with Crippen LogP contribution in [0.3, 0.4) is 0 Å². The van der Waals surface area contributed by atoms with Gasteiger partial charge in [-0.15, -0.1) is 0 Å². The molecule has 0 radical (unpaired) electrons. The number of hydrogen-bond acceptors (Lipinski definition) is 14. The highest BCUT2D eigenvalue weighted by Gasteiger charge is 2.67. The van der Waals surface area contributed by atoms with Gasteiger partial charge in [-0.2, -0.15) is 0 Å². The number of rotatable bonds is 7. The second-order valence-corrected chi connectivity index (χ2v) is 17.4. The van der Waals surface area contributed by atoms with Crippen molar-refractivity contribution in [3.05, 3.63) is 17.6 Å². The van der Waals surface area contributed by atoms with Gasteiger partial charge >= 0.3 is 5.97 Å². The first-order valence-electron chi connectivity index (χ1n) is 19.7. The fourth-order valence-corrected chi connectivity index (χ4v) is 8.93. The Morgan fingerprint density at radius 2 is 1.69 bits per heavy atom. The minimum atomic E-state index is -1.79. The number of esters is 1. The summed E-state index contributed by atoms with van der Waals surface area (Å²) in [5.74, 6) is -2.51. The highest BCUT2D eigenvalue weighted by Crippen LogP contribution is 2.50. The Bertz CT molecular complexity index is 1330. The first-order valence-corrected chi connectivity index (χ1v) is 19.7. The monoisotopic (exact) mass is 770 g/mol. The first kappa shape index (κ1) is 45.1. The molecule has 1 spiro atoms. The largest absolute Gasteiger partial charge is 0.464 e. The van der Waals surface area contributed by atoms with Crippen LogP contribution in [0.15, 0.2) is 17.6 Å². The van der Waals surface area contributed by atoms with E-state index < -0.39 is 83.2 Å². The number of carbonyl (C=O) groups is 1. The summed E-state index contributed by atoms with van der Waals surface area (Å²) in [5.41, 5.74) is -0.940. The number of aliphatic hydroxyl groups is 4. The number of methoxy groups -OCH3 is 1. The van der Waals surface area contributed by atoms with Gasteiger partial charge in [0.2, 0.25) is 6.29 Å². The molecule has 0 bridgehead atoms. The third-order valence-corrected chi connectivity index (χ3v) is 12.7. The zero-order chi connectivity index (χ0) is 40.6. The Labute approximate surface area is 322 Å². The molecule has 0 aromatic rings. The van der Waals surface area contributed by atoms with Crippen molar-refractivity contribution < 1.29 is 58.4 Å². The molecule has 0 aromatic carbocycles. The third kappa shape index (κ3) is 9.38. The van der Waals surface area contributed by atoms with Crippen LogP contribution in [0.25, 0.3) is 0 Å².